The van der Waals surface area contributed by atoms with E-state index in [1.807, 2.05) is 0 Å². The van der Waals surface area contributed by atoms with Crippen LogP contribution in [0.5, 0.6) is 0 Å². The largest absolute Gasteiger partial charge is 0.370 e. The normalized spacial score (nSPS) is 22.1. The van der Waals surface area contributed by atoms with Crippen LogP contribution in [0.4, 0.5) is 5.69 Å². The van der Waals surface area contributed by atoms with Gasteiger partial charge in [0.25, 0.3) is 0 Å². The molecule has 1 fully saturated rings. The quantitative estimate of drug-likeness (QED) is 0.801. The number of hydrogen-bond donors (Lipinski definition) is 1. The van der Waals surface area contributed by atoms with Crippen molar-refractivity contribution in [2.24, 2.45) is 0 Å². The molecule has 0 radical (unpaired) electrons. The lowest BCUT2D eigenvalue weighted by Gasteiger charge is -2.31. The number of nitrogens with zero attached hydrogens (tertiary/aromatic N) is 1. The first-order valence-corrected chi connectivity index (χ1v) is 6.72. The minimum absolute atomic E-state index is 0.580. The van der Waals surface area contributed by atoms with Gasteiger partial charge in [-0.05, 0) is 63.4 Å². The van der Waals surface area contributed by atoms with Gasteiger partial charge in [0.1, 0.15) is 0 Å². The van der Waals surface area contributed by atoms with Crippen molar-refractivity contribution in [1.82, 2.24) is 5.32 Å². The summed E-state index contributed by atoms with van der Waals surface area (Å²) < 4.78 is 0. The number of anilines is 1. The van der Waals surface area contributed by atoms with Gasteiger partial charge in [-0.3, -0.25) is 0 Å². The van der Waals surface area contributed by atoms with E-state index in [1.165, 1.54) is 42.7 Å². The van der Waals surface area contributed by atoms with E-state index in [2.05, 4.69) is 49.2 Å². The lowest BCUT2D eigenvalue weighted by molar-refractivity contribution is 0.485. The second-order valence-electron chi connectivity index (χ2n) is 5.28. The maximum absolute atomic E-state index is 3.57. The molecule has 2 nitrogen and oxygen atoms in total. The Bertz CT molecular complexity index is 373. The third-order valence-corrected chi connectivity index (χ3v) is 3.70. The third kappa shape index (κ3) is 3.22. The van der Waals surface area contributed by atoms with Crippen LogP contribution in [0.2, 0.25) is 0 Å². The minimum Gasteiger partial charge on any atom is -0.370 e. The molecular formula is C15H24N2. The molecule has 2 rings (SSSR count). The highest BCUT2D eigenvalue weighted by Crippen LogP contribution is 2.20. The highest BCUT2D eigenvalue weighted by molar-refractivity contribution is 5.50. The number of rotatable bonds is 1. The molecule has 0 spiro atoms. The molecule has 2 heteroatoms. The molecule has 0 aromatic heterocycles. The van der Waals surface area contributed by atoms with Gasteiger partial charge in [0, 0.05) is 24.8 Å². The van der Waals surface area contributed by atoms with E-state index in [-0.39, 0.29) is 0 Å². The molecule has 1 atom stereocenters. The number of nitrogens with one attached hydrogen (secondary N) is 1. The summed E-state index contributed by atoms with van der Waals surface area (Å²) in [4.78, 5) is 2.52. The lowest BCUT2D eigenvalue weighted by Crippen LogP contribution is -2.42. The molecule has 1 unspecified atom stereocenters. The van der Waals surface area contributed by atoms with E-state index in [1.54, 1.807) is 0 Å². The molecule has 1 saturated heterocycles. The molecule has 1 aliphatic rings. The summed E-state index contributed by atoms with van der Waals surface area (Å²) in [6.45, 7) is 10.1. The van der Waals surface area contributed by atoms with Crippen molar-refractivity contribution in [3.8, 4) is 0 Å². The molecule has 1 aliphatic heterocycles. The summed E-state index contributed by atoms with van der Waals surface area (Å²) >= 11 is 0. The Balaban J connectivity index is 2.15. The highest BCUT2D eigenvalue weighted by Gasteiger charge is 2.13. The van der Waals surface area contributed by atoms with Crippen LogP contribution in [0.25, 0.3) is 0 Å². The van der Waals surface area contributed by atoms with Gasteiger partial charge in [0.15, 0.2) is 0 Å². The van der Waals surface area contributed by atoms with Crippen molar-refractivity contribution in [2.45, 2.75) is 39.7 Å². The molecule has 17 heavy (non-hydrogen) atoms. The minimum atomic E-state index is 0.580. The molecular weight excluding hydrogens is 208 g/mol. The van der Waals surface area contributed by atoms with Gasteiger partial charge in [-0.2, -0.15) is 0 Å². The molecule has 0 bridgehead atoms. The molecule has 1 aromatic rings. The van der Waals surface area contributed by atoms with Crippen molar-refractivity contribution in [3.63, 3.8) is 0 Å². The average Bonchev–Trinajstić information content (AvgIpc) is 2.27. The van der Waals surface area contributed by atoms with E-state index < -0.39 is 0 Å². The SMILES string of the molecule is Cc1ccc(N2CCCCNC(C)C2)cc1C. The van der Waals surface area contributed by atoms with Crippen molar-refractivity contribution in [1.29, 1.82) is 0 Å². The summed E-state index contributed by atoms with van der Waals surface area (Å²) in [5, 5.41) is 3.57. The average molecular weight is 232 g/mol. The van der Waals surface area contributed by atoms with Gasteiger partial charge < -0.3 is 10.2 Å². The summed E-state index contributed by atoms with van der Waals surface area (Å²) in [5.74, 6) is 0. The van der Waals surface area contributed by atoms with E-state index in [0.29, 0.717) is 6.04 Å². The lowest BCUT2D eigenvalue weighted by atomic mass is 10.1. The number of aryl methyl sites for hydroxylation is 2. The fourth-order valence-corrected chi connectivity index (χ4v) is 2.42. The smallest absolute Gasteiger partial charge is 0.0369 e. The van der Waals surface area contributed by atoms with Crippen LogP contribution in [-0.4, -0.2) is 25.7 Å². The summed E-state index contributed by atoms with van der Waals surface area (Å²) in [6.07, 6.45) is 2.57. The molecule has 0 saturated carbocycles. The van der Waals surface area contributed by atoms with Crippen LogP contribution < -0.4 is 10.2 Å². The molecule has 1 aromatic carbocycles. The predicted octanol–water partition coefficient (Wildman–Crippen LogP) is 2.88. The first-order valence-electron chi connectivity index (χ1n) is 6.72. The monoisotopic (exact) mass is 232 g/mol. The second kappa shape index (κ2) is 5.54. The Morgan fingerprint density at radius 3 is 2.76 bits per heavy atom. The summed E-state index contributed by atoms with van der Waals surface area (Å²) in [6, 6.07) is 7.40. The maximum atomic E-state index is 3.57. The van der Waals surface area contributed by atoms with E-state index in [4.69, 9.17) is 0 Å². The van der Waals surface area contributed by atoms with Crippen LogP contribution in [0.15, 0.2) is 18.2 Å². The van der Waals surface area contributed by atoms with Crippen molar-refractivity contribution in [3.05, 3.63) is 29.3 Å². The van der Waals surface area contributed by atoms with E-state index >= 15 is 0 Å². The van der Waals surface area contributed by atoms with Gasteiger partial charge in [-0.25, -0.2) is 0 Å². The van der Waals surface area contributed by atoms with Gasteiger partial charge in [0.2, 0.25) is 0 Å². The van der Waals surface area contributed by atoms with Crippen molar-refractivity contribution in [2.75, 3.05) is 24.5 Å². The number of benzene rings is 1. The summed E-state index contributed by atoms with van der Waals surface area (Å²) in [5.41, 5.74) is 4.15. The first-order chi connectivity index (χ1) is 8.16. The molecule has 1 heterocycles. The zero-order valence-electron chi connectivity index (χ0n) is 11.3. The van der Waals surface area contributed by atoms with Crippen LogP contribution in [0.3, 0.4) is 0 Å². The Morgan fingerprint density at radius 2 is 2.00 bits per heavy atom. The van der Waals surface area contributed by atoms with Crippen LogP contribution in [-0.2, 0) is 0 Å². The van der Waals surface area contributed by atoms with Gasteiger partial charge in [-0.15, -0.1) is 0 Å². The van der Waals surface area contributed by atoms with Gasteiger partial charge in [0.05, 0.1) is 0 Å². The standard InChI is InChI=1S/C15H24N2/c1-12-6-7-15(10-13(12)2)17-9-5-4-8-16-14(3)11-17/h6-7,10,14,16H,4-5,8-9,11H2,1-3H3. The predicted molar refractivity (Wildman–Crippen MR) is 74.8 cm³/mol. The van der Waals surface area contributed by atoms with E-state index in [0.717, 1.165) is 6.54 Å². The van der Waals surface area contributed by atoms with Crippen molar-refractivity contribution >= 4 is 5.69 Å². The first kappa shape index (κ1) is 12.4. The zero-order valence-corrected chi connectivity index (χ0v) is 11.3. The maximum Gasteiger partial charge on any atom is 0.0369 e. The van der Waals surface area contributed by atoms with E-state index in [9.17, 15) is 0 Å². The zero-order chi connectivity index (χ0) is 12.3. The fourth-order valence-electron chi connectivity index (χ4n) is 2.42. The van der Waals surface area contributed by atoms with Crippen LogP contribution in [0.1, 0.15) is 30.9 Å². The Kier molecular flexibility index (Phi) is 4.06. The van der Waals surface area contributed by atoms with Crippen LogP contribution >= 0.6 is 0 Å². The fraction of sp³-hybridized carbons (Fsp3) is 0.600. The highest BCUT2D eigenvalue weighted by atomic mass is 15.2. The molecule has 1 N–H and O–H groups in total. The second-order valence-corrected chi connectivity index (χ2v) is 5.28. The summed E-state index contributed by atoms with van der Waals surface area (Å²) in [7, 11) is 0. The Hall–Kier alpha value is -1.02. The van der Waals surface area contributed by atoms with Crippen molar-refractivity contribution < 1.29 is 0 Å². The molecule has 94 valence electrons. The van der Waals surface area contributed by atoms with Crippen LogP contribution in [0, 0.1) is 13.8 Å². The third-order valence-electron chi connectivity index (χ3n) is 3.70. The number of hydrogen-bond acceptors (Lipinski definition) is 2. The Labute approximate surface area is 105 Å². The topological polar surface area (TPSA) is 15.3 Å². The van der Waals surface area contributed by atoms with Gasteiger partial charge >= 0.3 is 0 Å². The molecule has 0 aliphatic carbocycles. The Morgan fingerprint density at radius 1 is 1.18 bits per heavy atom. The van der Waals surface area contributed by atoms with Gasteiger partial charge in [-0.1, -0.05) is 6.07 Å². The molecule has 0 amide bonds.